The summed E-state index contributed by atoms with van der Waals surface area (Å²) in [6, 6.07) is 14.9. The fourth-order valence-corrected chi connectivity index (χ4v) is 3.49. The number of benzene rings is 2. The Bertz CT molecular complexity index is 1400. The molecule has 2 heterocycles. The van der Waals surface area contributed by atoms with Crippen LogP contribution in [-0.2, 0) is 6.42 Å². The lowest BCUT2D eigenvalue weighted by atomic mass is 9.99. The summed E-state index contributed by atoms with van der Waals surface area (Å²) in [7, 11) is 0. The maximum Gasteiger partial charge on any atom is 0.353 e. The molecule has 2 N–H and O–H groups in total. The molecule has 0 aliphatic rings. The van der Waals surface area contributed by atoms with E-state index in [1.54, 1.807) is 36.4 Å². The summed E-state index contributed by atoms with van der Waals surface area (Å²) >= 11 is 0. The molecule has 4 rings (SSSR count). The molecule has 0 aliphatic heterocycles. The van der Waals surface area contributed by atoms with E-state index < -0.39 is 23.2 Å². The number of aromatic nitrogens is 2. The number of aromatic carboxylic acids is 2. The van der Waals surface area contributed by atoms with Crippen molar-refractivity contribution < 1.29 is 24.2 Å². The first-order valence-electron chi connectivity index (χ1n) is 9.21. The number of para-hydroxylation sites is 1. The van der Waals surface area contributed by atoms with Crippen molar-refractivity contribution in [2.24, 2.45) is 0 Å². The van der Waals surface area contributed by atoms with Crippen LogP contribution in [0.25, 0.3) is 16.7 Å². The van der Waals surface area contributed by atoms with Crippen LogP contribution in [-0.4, -0.2) is 31.7 Å². The molecule has 2 aromatic heterocycles. The second-order valence-electron chi connectivity index (χ2n) is 6.80. The van der Waals surface area contributed by atoms with Crippen LogP contribution in [0.15, 0.2) is 71.7 Å². The Morgan fingerprint density at radius 1 is 0.968 bits per heavy atom. The molecule has 0 spiro atoms. The number of hydrogen-bond donors (Lipinski definition) is 2. The topological polar surface area (TPSA) is 109 Å². The lowest BCUT2D eigenvalue weighted by molar-refractivity contribution is 0.0680. The fourth-order valence-electron chi connectivity index (χ4n) is 3.49. The molecule has 4 aromatic rings. The minimum Gasteiger partial charge on any atom is -0.478 e. The molecule has 2 aromatic carbocycles. The average Bonchev–Trinajstić information content (AvgIpc) is 2.76. The third-order valence-corrected chi connectivity index (χ3v) is 4.91. The van der Waals surface area contributed by atoms with Crippen molar-refractivity contribution in [1.29, 1.82) is 0 Å². The lowest BCUT2D eigenvalue weighted by Gasteiger charge is -2.17. The van der Waals surface area contributed by atoms with Crippen LogP contribution in [0.3, 0.4) is 0 Å². The predicted molar refractivity (Wildman–Crippen MR) is 110 cm³/mol. The normalized spacial score (nSPS) is 10.9. The van der Waals surface area contributed by atoms with Crippen LogP contribution in [0.5, 0.6) is 0 Å². The highest BCUT2D eigenvalue weighted by Gasteiger charge is 2.24. The van der Waals surface area contributed by atoms with Crippen LogP contribution in [0.4, 0.5) is 4.39 Å². The third-order valence-electron chi connectivity index (χ3n) is 4.91. The molecular formula is C23H15FN2O5. The molecule has 0 saturated carbocycles. The Labute approximate surface area is 174 Å². The van der Waals surface area contributed by atoms with Gasteiger partial charge < -0.3 is 10.2 Å². The van der Waals surface area contributed by atoms with E-state index in [0.29, 0.717) is 5.69 Å². The van der Waals surface area contributed by atoms with Gasteiger partial charge in [-0.2, -0.15) is 0 Å². The number of pyridine rings is 2. The van der Waals surface area contributed by atoms with Crippen molar-refractivity contribution in [2.75, 3.05) is 0 Å². The molecule has 7 nitrogen and oxygen atoms in total. The summed E-state index contributed by atoms with van der Waals surface area (Å²) in [6.07, 6.45) is 1.13. The quantitative estimate of drug-likeness (QED) is 0.513. The van der Waals surface area contributed by atoms with Gasteiger partial charge in [0.05, 0.1) is 10.9 Å². The number of halogens is 1. The van der Waals surface area contributed by atoms with E-state index in [1.807, 2.05) is 0 Å². The van der Waals surface area contributed by atoms with Crippen LogP contribution in [0.1, 0.15) is 32.0 Å². The fraction of sp³-hybridized carbons (Fsp3) is 0.0435. The highest BCUT2D eigenvalue weighted by atomic mass is 19.1. The van der Waals surface area contributed by atoms with Gasteiger partial charge in [-0.25, -0.2) is 19.0 Å². The molecule has 0 saturated heterocycles. The summed E-state index contributed by atoms with van der Waals surface area (Å²) < 4.78 is 15.9. The van der Waals surface area contributed by atoms with Crippen LogP contribution >= 0.6 is 0 Å². The van der Waals surface area contributed by atoms with E-state index in [-0.39, 0.29) is 39.8 Å². The van der Waals surface area contributed by atoms with E-state index in [9.17, 15) is 23.9 Å². The van der Waals surface area contributed by atoms with E-state index >= 15 is 0 Å². The van der Waals surface area contributed by atoms with Gasteiger partial charge in [0, 0.05) is 23.9 Å². The Hall–Kier alpha value is -4.33. The minimum atomic E-state index is -1.37. The van der Waals surface area contributed by atoms with Crippen LogP contribution in [0, 0.1) is 5.82 Å². The molecule has 0 radical (unpaired) electrons. The predicted octanol–water partition coefficient (Wildman–Crippen LogP) is 3.51. The SMILES string of the molecule is O=C(O)c1ccc(Cc2c(C(=O)O)n(-c3ccccc3)c3ncccc3c2=O)c(F)c1. The van der Waals surface area contributed by atoms with Gasteiger partial charge in [-0.1, -0.05) is 24.3 Å². The zero-order valence-corrected chi connectivity index (χ0v) is 15.9. The van der Waals surface area contributed by atoms with E-state index in [1.165, 1.54) is 29.0 Å². The Morgan fingerprint density at radius 2 is 1.71 bits per heavy atom. The monoisotopic (exact) mass is 418 g/mol. The average molecular weight is 418 g/mol. The molecule has 0 aliphatic carbocycles. The number of carboxylic acids is 2. The van der Waals surface area contributed by atoms with Crippen LogP contribution < -0.4 is 5.43 Å². The molecular weight excluding hydrogens is 403 g/mol. The highest BCUT2D eigenvalue weighted by molar-refractivity contribution is 5.93. The molecule has 8 heteroatoms. The Kier molecular flexibility index (Phi) is 5.04. The zero-order chi connectivity index (χ0) is 22.1. The van der Waals surface area contributed by atoms with E-state index in [0.717, 1.165) is 6.07 Å². The van der Waals surface area contributed by atoms with Gasteiger partial charge in [-0.05, 0) is 42.0 Å². The molecule has 0 fully saturated rings. The van der Waals surface area contributed by atoms with Gasteiger partial charge in [0.25, 0.3) is 0 Å². The van der Waals surface area contributed by atoms with Crippen molar-refractivity contribution in [2.45, 2.75) is 6.42 Å². The van der Waals surface area contributed by atoms with Crippen molar-refractivity contribution >= 4 is 23.0 Å². The van der Waals surface area contributed by atoms with Crippen LogP contribution in [0.2, 0.25) is 0 Å². The number of carboxylic acid groups (broad SMARTS) is 2. The van der Waals surface area contributed by atoms with Crippen molar-refractivity contribution in [3.8, 4) is 5.69 Å². The minimum absolute atomic E-state index is 0.00690. The van der Waals surface area contributed by atoms with Crippen molar-refractivity contribution in [3.63, 3.8) is 0 Å². The first-order chi connectivity index (χ1) is 14.9. The van der Waals surface area contributed by atoms with E-state index in [4.69, 9.17) is 5.11 Å². The van der Waals surface area contributed by atoms with Crippen molar-refractivity contribution in [3.05, 3.63) is 105 Å². The smallest absolute Gasteiger partial charge is 0.353 e. The number of rotatable bonds is 5. The van der Waals surface area contributed by atoms with E-state index in [2.05, 4.69) is 4.98 Å². The molecule has 154 valence electrons. The van der Waals surface area contributed by atoms with Gasteiger partial charge >= 0.3 is 11.9 Å². The number of carbonyl (C=O) groups is 2. The first kappa shape index (κ1) is 20.0. The first-order valence-corrected chi connectivity index (χ1v) is 9.21. The van der Waals surface area contributed by atoms with Gasteiger partial charge in [-0.15, -0.1) is 0 Å². The summed E-state index contributed by atoms with van der Waals surface area (Å²) in [5.41, 5.74) is -0.623. The lowest BCUT2D eigenvalue weighted by Crippen LogP contribution is -2.24. The molecule has 0 amide bonds. The molecule has 31 heavy (non-hydrogen) atoms. The maximum atomic E-state index is 14.6. The second-order valence-corrected chi connectivity index (χ2v) is 6.80. The number of fused-ring (bicyclic) bond motifs is 1. The zero-order valence-electron chi connectivity index (χ0n) is 15.9. The van der Waals surface area contributed by atoms with Gasteiger partial charge in [-0.3, -0.25) is 9.36 Å². The number of nitrogens with zero attached hydrogens (tertiary/aromatic N) is 2. The summed E-state index contributed by atoms with van der Waals surface area (Å²) in [4.78, 5) is 40.7. The molecule has 0 bridgehead atoms. The molecule has 0 unspecified atom stereocenters. The summed E-state index contributed by atoms with van der Waals surface area (Å²) in [5, 5.41) is 19.2. The van der Waals surface area contributed by atoms with Gasteiger partial charge in [0.15, 0.2) is 5.43 Å². The summed E-state index contributed by atoms with van der Waals surface area (Å²) in [5.74, 6) is -3.50. The number of hydrogen-bond acceptors (Lipinski definition) is 4. The van der Waals surface area contributed by atoms with Gasteiger partial charge in [0.1, 0.15) is 17.2 Å². The maximum absolute atomic E-state index is 14.6. The molecule has 0 atom stereocenters. The van der Waals surface area contributed by atoms with Crippen molar-refractivity contribution in [1.82, 2.24) is 9.55 Å². The highest BCUT2D eigenvalue weighted by Crippen LogP contribution is 2.23. The third kappa shape index (κ3) is 3.55. The standard InChI is InChI=1S/C23H15FN2O5/c24-18-12-14(22(28)29)9-8-13(18)11-17-19(23(30)31)26(15-5-2-1-3-6-15)21-16(20(17)27)7-4-10-25-21/h1-10,12H,11H2,(H,28,29)(H,30,31). The summed E-state index contributed by atoms with van der Waals surface area (Å²) in [6.45, 7) is 0. The van der Waals surface area contributed by atoms with Gasteiger partial charge in [0.2, 0.25) is 0 Å². The largest absolute Gasteiger partial charge is 0.478 e. The Balaban J connectivity index is 2.03. The second kappa shape index (κ2) is 7.83. The Morgan fingerprint density at radius 3 is 2.35 bits per heavy atom.